The second kappa shape index (κ2) is 12.2. The van der Waals surface area contributed by atoms with E-state index in [4.69, 9.17) is 0 Å². The lowest BCUT2D eigenvalue weighted by Crippen LogP contribution is -2.62. The van der Waals surface area contributed by atoms with Crippen molar-refractivity contribution in [2.75, 3.05) is 19.7 Å². The number of likely N-dealkylation sites (tertiary alicyclic amines) is 1. The largest absolute Gasteiger partial charge is 0.395 e. The van der Waals surface area contributed by atoms with Gasteiger partial charge in [0.15, 0.2) is 0 Å². The molecule has 0 spiro atoms. The first-order chi connectivity index (χ1) is 11.1. The molecule has 5 nitrogen and oxygen atoms in total. The van der Waals surface area contributed by atoms with Crippen LogP contribution < -0.4 is 0 Å². The minimum Gasteiger partial charge on any atom is -0.395 e. The SMILES string of the molecule is CCCCCCCCCCCCN1C[C@H](O)[C@@H](O)[C@H](O)[C@@H]1CO. The summed E-state index contributed by atoms with van der Waals surface area (Å²) in [6.07, 6.45) is 9.51. The summed E-state index contributed by atoms with van der Waals surface area (Å²) >= 11 is 0. The van der Waals surface area contributed by atoms with Gasteiger partial charge in [-0.3, -0.25) is 4.90 Å². The van der Waals surface area contributed by atoms with Crippen LogP contribution in [-0.2, 0) is 0 Å². The van der Waals surface area contributed by atoms with Crippen molar-refractivity contribution in [2.45, 2.75) is 95.5 Å². The highest BCUT2D eigenvalue weighted by molar-refractivity contribution is 4.93. The Labute approximate surface area is 141 Å². The smallest absolute Gasteiger partial charge is 0.109 e. The van der Waals surface area contributed by atoms with E-state index >= 15 is 0 Å². The van der Waals surface area contributed by atoms with Crippen LogP contribution in [0.1, 0.15) is 71.1 Å². The molecular formula is C18H37NO4. The normalized spacial score (nSPS) is 29.1. The molecule has 1 fully saturated rings. The number of hydrogen-bond acceptors (Lipinski definition) is 5. The van der Waals surface area contributed by atoms with E-state index in [1.165, 1.54) is 51.4 Å². The molecule has 0 amide bonds. The van der Waals surface area contributed by atoms with Crippen LogP contribution in [0.2, 0.25) is 0 Å². The van der Waals surface area contributed by atoms with Crippen LogP contribution in [0.25, 0.3) is 0 Å². The molecule has 5 heteroatoms. The Morgan fingerprint density at radius 2 is 1.30 bits per heavy atom. The molecule has 4 atom stereocenters. The highest BCUT2D eigenvalue weighted by Gasteiger charge is 2.40. The van der Waals surface area contributed by atoms with Crippen LogP contribution in [0, 0.1) is 0 Å². The molecule has 1 aliphatic rings. The predicted molar refractivity (Wildman–Crippen MR) is 92.3 cm³/mol. The summed E-state index contributed by atoms with van der Waals surface area (Å²) in [5.41, 5.74) is 0. The third-order valence-electron chi connectivity index (χ3n) is 5.01. The van der Waals surface area contributed by atoms with Crippen molar-refractivity contribution in [1.82, 2.24) is 4.90 Å². The number of unbranched alkanes of at least 4 members (excludes halogenated alkanes) is 9. The monoisotopic (exact) mass is 331 g/mol. The third-order valence-corrected chi connectivity index (χ3v) is 5.01. The van der Waals surface area contributed by atoms with E-state index in [1.54, 1.807) is 0 Å². The van der Waals surface area contributed by atoms with Gasteiger partial charge < -0.3 is 20.4 Å². The summed E-state index contributed by atoms with van der Waals surface area (Å²) in [5, 5.41) is 38.8. The van der Waals surface area contributed by atoms with Crippen LogP contribution in [0.3, 0.4) is 0 Å². The van der Waals surface area contributed by atoms with Crippen molar-refractivity contribution in [3.63, 3.8) is 0 Å². The lowest BCUT2D eigenvalue weighted by atomic mass is 9.94. The van der Waals surface area contributed by atoms with Gasteiger partial charge in [0.2, 0.25) is 0 Å². The zero-order valence-electron chi connectivity index (χ0n) is 14.7. The number of hydrogen-bond donors (Lipinski definition) is 4. The predicted octanol–water partition coefficient (Wildman–Crippen LogP) is 1.67. The van der Waals surface area contributed by atoms with Crippen LogP contribution in [0.15, 0.2) is 0 Å². The second-order valence-electron chi connectivity index (χ2n) is 6.98. The summed E-state index contributed by atoms with van der Waals surface area (Å²) < 4.78 is 0. The van der Waals surface area contributed by atoms with Gasteiger partial charge in [-0.05, 0) is 13.0 Å². The van der Waals surface area contributed by atoms with Crippen LogP contribution in [0.4, 0.5) is 0 Å². The molecule has 1 saturated heterocycles. The van der Waals surface area contributed by atoms with Gasteiger partial charge in [0.25, 0.3) is 0 Å². The van der Waals surface area contributed by atoms with E-state index in [1.807, 2.05) is 4.90 Å². The number of piperidine rings is 1. The highest BCUT2D eigenvalue weighted by atomic mass is 16.4. The zero-order valence-corrected chi connectivity index (χ0v) is 14.7. The number of rotatable bonds is 12. The van der Waals surface area contributed by atoms with Gasteiger partial charge in [0, 0.05) is 6.54 Å². The molecule has 0 bridgehead atoms. The molecule has 0 radical (unpaired) electrons. The van der Waals surface area contributed by atoms with E-state index in [0.717, 1.165) is 19.4 Å². The Morgan fingerprint density at radius 1 is 0.783 bits per heavy atom. The molecular weight excluding hydrogens is 294 g/mol. The Morgan fingerprint density at radius 3 is 1.83 bits per heavy atom. The fraction of sp³-hybridized carbons (Fsp3) is 1.00. The van der Waals surface area contributed by atoms with Crippen molar-refractivity contribution in [2.24, 2.45) is 0 Å². The van der Waals surface area contributed by atoms with E-state index < -0.39 is 24.4 Å². The molecule has 0 unspecified atom stereocenters. The van der Waals surface area contributed by atoms with Gasteiger partial charge in [-0.1, -0.05) is 64.7 Å². The Balaban J connectivity index is 2.08. The van der Waals surface area contributed by atoms with Crippen molar-refractivity contribution in [1.29, 1.82) is 0 Å². The lowest BCUT2D eigenvalue weighted by molar-refractivity contribution is -0.145. The van der Waals surface area contributed by atoms with Gasteiger partial charge >= 0.3 is 0 Å². The maximum absolute atomic E-state index is 9.93. The number of nitrogens with zero attached hydrogens (tertiary/aromatic N) is 1. The van der Waals surface area contributed by atoms with E-state index in [-0.39, 0.29) is 6.61 Å². The standard InChI is InChI=1S/C18H37NO4/c1-2-3-4-5-6-7-8-9-10-11-12-19-13-16(21)18(23)17(22)15(19)14-20/h15-18,20-23H,2-14H2,1H3/t15-,16-,17+,18+/m0/s1. The molecule has 1 aliphatic heterocycles. The molecule has 0 aliphatic carbocycles. The summed E-state index contributed by atoms with van der Waals surface area (Å²) in [7, 11) is 0. The van der Waals surface area contributed by atoms with Gasteiger partial charge in [-0.2, -0.15) is 0 Å². The molecule has 4 N–H and O–H groups in total. The molecule has 0 saturated carbocycles. The molecule has 138 valence electrons. The van der Waals surface area contributed by atoms with Crippen LogP contribution >= 0.6 is 0 Å². The van der Waals surface area contributed by atoms with Gasteiger partial charge in [0.1, 0.15) is 12.2 Å². The van der Waals surface area contributed by atoms with Crippen LogP contribution in [-0.4, -0.2) is 69.4 Å². The van der Waals surface area contributed by atoms with Crippen molar-refractivity contribution >= 4 is 0 Å². The lowest BCUT2D eigenvalue weighted by Gasteiger charge is -2.43. The average molecular weight is 331 g/mol. The number of aliphatic hydroxyl groups excluding tert-OH is 4. The minimum atomic E-state index is -1.16. The van der Waals surface area contributed by atoms with Crippen molar-refractivity contribution in [3.05, 3.63) is 0 Å². The molecule has 23 heavy (non-hydrogen) atoms. The van der Waals surface area contributed by atoms with E-state index in [9.17, 15) is 20.4 Å². The van der Waals surface area contributed by atoms with Crippen molar-refractivity contribution in [3.8, 4) is 0 Å². The quantitative estimate of drug-likeness (QED) is 0.409. The Hall–Kier alpha value is -0.200. The number of β-amino-alcohol motifs (C(OH)–C–C–N with tert-alkyl or cyclic N) is 1. The summed E-state index contributed by atoms with van der Waals surface area (Å²) in [5.74, 6) is 0. The van der Waals surface area contributed by atoms with Crippen molar-refractivity contribution < 1.29 is 20.4 Å². The van der Waals surface area contributed by atoms with Gasteiger partial charge in [0.05, 0.1) is 18.8 Å². The Bertz CT molecular complexity index is 290. The van der Waals surface area contributed by atoms with Crippen LogP contribution in [0.5, 0.6) is 0 Å². The molecule has 0 aromatic carbocycles. The summed E-state index contributed by atoms with van der Waals surface area (Å²) in [6.45, 7) is 3.12. The van der Waals surface area contributed by atoms with E-state index in [0.29, 0.717) is 6.54 Å². The highest BCUT2D eigenvalue weighted by Crippen LogP contribution is 2.20. The molecule has 0 aromatic rings. The first-order valence-electron chi connectivity index (χ1n) is 9.51. The molecule has 0 aromatic heterocycles. The second-order valence-corrected chi connectivity index (χ2v) is 6.98. The number of aliphatic hydroxyl groups is 4. The third kappa shape index (κ3) is 7.48. The maximum atomic E-state index is 9.93. The van der Waals surface area contributed by atoms with E-state index in [2.05, 4.69) is 6.92 Å². The molecule has 1 heterocycles. The minimum absolute atomic E-state index is 0.192. The molecule has 1 rings (SSSR count). The zero-order chi connectivity index (χ0) is 17.1. The Kier molecular flexibility index (Phi) is 11.1. The topological polar surface area (TPSA) is 84.2 Å². The fourth-order valence-electron chi connectivity index (χ4n) is 3.44. The fourth-order valence-corrected chi connectivity index (χ4v) is 3.44. The summed E-state index contributed by atoms with van der Waals surface area (Å²) in [4.78, 5) is 1.91. The van der Waals surface area contributed by atoms with Gasteiger partial charge in [-0.25, -0.2) is 0 Å². The maximum Gasteiger partial charge on any atom is 0.109 e. The van der Waals surface area contributed by atoms with Gasteiger partial charge in [-0.15, -0.1) is 0 Å². The summed E-state index contributed by atoms with van der Waals surface area (Å²) in [6, 6.07) is -0.466. The first kappa shape index (κ1) is 20.8. The average Bonchev–Trinajstić information content (AvgIpc) is 2.54. The first-order valence-corrected chi connectivity index (χ1v) is 9.51.